The minimum atomic E-state index is -1.18. The van der Waals surface area contributed by atoms with E-state index >= 15 is 0 Å². The molecule has 0 bridgehead atoms. The molecule has 2 N–H and O–H groups in total. The van der Waals surface area contributed by atoms with E-state index in [1.807, 2.05) is 23.6 Å². The van der Waals surface area contributed by atoms with Gasteiger partial charge in [-0.15, -0.1) is 11.3 Å². The van der Waals surface area contributed by atoms with Gasteiger partial charge >= 0.3 is 0 Å². The molecule has 2 aromatic heterocycles. The number of likely N-dealkylation sites (tertiary alicyclic amines) is 1. The molecule has 0 saturated carbocycles. The largest absolute Gasteiger partial charge is 0.393 e. The molecule has 6 nitrogen and oxygen atoms in total. The number of aliphatic hydroxyl groups excluding tert-OH is 1. The number of β-amino-alcohol motifs (C(OH)–C–C–N with tert-alkyl or cyclic N) is 1. The summed E-state index contributed by atoms with van der Waals surface area (Å²) in [5.74, 6) is -0.139. The van der Waals surface area contributed by atoms with E-state index in [4.69, 9.17) is 0 Å². The van der Waals surface area contributed by atoms with Gasteiger partial charge < -0.3 is 15.1 Å². The van der Waals surface area contributed by atoms with Crippen molar-refractivity contribution in [2.45, 2.75) is 12.0 Å². The Balaban J connectivity index is 1.58. The molecule has 1 fully saturated rings. The van der Waals surface area contributed by atoms with Crippen LogP contribution in [-0.2, 0) is 0 Å². The van der Waals surface area contributed by atoms with Crippen molar-refractivity contribution in [3.8, 4) is 11.3 Å². The fourth-order valence-electron chi connectivity index (χ4n) is 3.11. The highest BCUT2D eigenvalue weighted by atomic mass is 32.1. The third-order valence-corrected chi connectivity index (χ3v) is 5.47. The number of nitrogens with zero attached hydrogens (tertiary/aromatic N) is 3. The summed E-state index contributed by atoms with van der Waals surface area (Å²) >= 11 is 1.59. The van der Waals surface area contributed by atoms with Gasteiger partial charge in [-0.05, 0) is 30.0 Å². The number of hydrogen-bond acceptors (Lipinski definition) is 6. The molecule has 128 valence electrons. The number of carbonyl (C=O) groups excluding carboxylic acids is 1. The van der Waals surface area contributed by atoms with E-state index in [0.29, 0.717) is 18.5 Å². The van der Waals surface area contributed by atoms with Crippen LogP contribution in [0.4, 0.5) is 0 Å². The standard InChI is InChI=1S/C18H17N3O3S/c22-10-18(24)6-7-21(9-18)17(23)13-3-1-12(2-4-13)15-16-14(5-8-25-16)19-11-20-15/h1-5,8,11,22,24H,6-7,9-10H2/t18-/m1/s1. The third-order valence-electron chi connectivity index (χ3n) is 4.56. The molecule has 4 rings (SSSR count). The maximum absolute atomic E-state index is 12.6. The molecule has 1 saturated heterocycles. The zero-order valence-electron chi connectivity index (χ0n) is 13.4. The number of hydrogen-bond donors (Lipinski definition) is 2. The van der Waals surface area contributed by atoms with Crippen molar-refractivity contribution >= 4 is 27.5 Å². The quantitative estimate of drug-likeness (QED) is 0.750. The molecule has 25 heavy (non-hydrogen) atoms. The number of aromatic nitrogens is 2. The molecule has 3 heterocycles. The van der Waals surface area contributed by atoms with Crippen LogP contribution in [0.2, 0.25) is 0 Å². The minimum Gasteiger partial charge on any atom is -0.393 e. The molecule has 0 aliphatic carbocycles. The lowest BCUT2D eigenvalue weighted by atomic mass is 10.1. The predicted octanol–water partition coefficient (Wildman–Crippen LogP) is 1.93. The first kappa shape index (κ1) is 16.1. The Morgan fingerprint density at radius 2 is 2.04 bits per heavy atom. The molecule has 1 aliphatic rings. The summed E-state index contributed by atoms with van der Waals surface area (Å²) in [6.07, 6.45) is 1.94. The van der Waals surface area contributed by atoms with Crippen molar-refractivity contribution in [3.05, 3.63) is 47.6 Å². The summed E-state index contributed by atoms with van der Waals surface area (Å²) in [5.41, 5.74) is 2.08. The average Bonchev–Trinajstić information content (AvgIpc) is 3.28. The fraction of sp³-hybridized carbons (Fsp3) is 0.278. The Hall–Kier alpha value is -2.35. The van der Waals surface area contributed by atoms with Crippen LogP contribution >= 0.6 is 11.3 Å². The van der Waals surface area contributed by atoms with Crippen molar-refractivity contribution in [2.24, 2.45) is 0 Å². The molecule has 1 amide bonds. The van der Waals surface area contributed by atoms with Crippen LogP contribution in [0.5, 0.6) is 0 Å². The summed E-state index contributed by atoms with van der Waals surface area (Å²) in [6.45, 7) is 0.269. The first-order valence-corrected chi connectivity index (χ1v) is 8.89. The van der Waals surface area contributed by atoms with Gasteiger partial charge in [-0.25, -0.2) is 9.97 Å². The zero-order chi connectivity index (χ0) is 17.4. The second-order valence-corrected chi connectivity index (χ2v) is 7.21. The Bertz CT molecular complexity index is 925. The zero-order valence-corrected chi connectivity index (χ0v) is 14.2. The van der Waals surface area contributed by atoms with Gasteiger partial charge in [0.05, 0.1) is 29.1 Å². The summed E-state index contributed by atoms with van der Waals surface area (Å²) in [7, 11) is 0. The number of thiophene rings is 1. The van der Waals surface area contributed by atoms with E-state index in [9.17, 15) is 15.0 Å². The summed E-state index contributed by atoms with van der Waals surface area (Å²) in [5, 5.41) is 21.3. The number of amides is 1. The van der Waals surface area contributed by atoms with Gasteiger partial charge in [0.1, 0.15) is 11.9 Å². The smallest absolute Gasteiger partial charge is 0.253 e. The van der Waals surface area contributed by atoms with E-state index in [1.165, 1.54) is 0 Å². The number of rotatable bonds is 3. The number of carbonyl (C=O) groups is 1. The highest BCUT2D eigenvalue weighted by molar-refractivity contribution is 7.17. The molecule has 0 unspecified atom stereocenters. The van der Waals surface area contributed by atoms with Gasteiger partial charge in [-0.1, -0.05) is 12.1 Å². The van der Waals surface area contributed by atoms with Crippen LogP contribution in [0.1, 0.15) is 16.8 Å². The van der Waals surface area contributed by atoms with Crippen LogP contribution in [0.15, 0.2) is 42.0 Å². The van der Waals surface area contributed by atoms with Crippen molar-refractivity contribution in [1.29, 1.82) is 0 Å². The normalized spacial score (nSPS) is 20.3. The number of aliphatic hydroxyl groups is 2. The Labute approximate surface area is 148 Å². The van der Waals surface area contributed by atoms with Crippen molar-refractivity contribution < 1.29 is 15.0 Å². The maximum atomic E-state index is 12.6. The van der Waals surface area contributed by atoms with E-state index < -0.39 is 5.60 Å². The SMILES string of the molecule is O=C(c1ccc(-c2ncnc3ccsc23)cc1)N1CC[C@](O)(CO)C1. The summed E-state index contributed by atoms with van der Waals surface area (Å²) in [4.78, 5) is 22.8. The predicted molar refractivity (Wildman–Crippen MR) is 95.4 cm³/mol. The second kappa shape index (κ2) is 6.18. The molecule has 1 aliphatic heterocycles. The lowest BCUT2D eigenvalue weighted by molar-refractivity contribution is -0.00455. The van der Waals surface area contributed by atoms with Crippen LogP contribution in [-0.4, -0.2) is 56.3 Å². The van der Waals surface area contributed by atoms with Crippen molar-refractivity contribution in [3.63, 3.8) is 0 Å². The molecular weight excluding hydrogens is 338 g/mol. The topological polar surface area (TPSA) is 86.6 Å². The van der Waals surface area contributed by atoms with E-state index in [1.54, 1.807) is 34.7 Å². The van der Waals surface area contributed by atoms with Crippen molar-refractivity contribution in [2.75, 3.05) is 19.7 Å². The second-order valence-electron chi connectivity index (χ2n) is 6.29. The van der Waals surface area contributed by atoms with Crippen LogP contribution < -0.4 is 0 Å². The van der Waals surface area contributed by atoms with Crippen LogP contribution in [0.25, 0.3) is 21.5 Å². The highest BCUT2D eigenvalue weighted by Crippen LogP contribution is 2.30. The Morgan fingerprint density at radius 1 is 1.24 bits per heavy atom. The van der Waals surface area contributed by atoms with Gasteiger partial charge in [0, 0.05) is 17.7 Å². The molecule has 3 aromatic rings. The maximum Gasteiger partial charge on any atom is 0.253 e. The van der Waals surface area contributed by atoms with Gasteiger partial charge in [-0.3, -0.25) is 4.79 Å². The minimum absolute atomic E-state index is 0.139. The summed E-state index contributed by atoms with van der Waals surface area (Å²) in [6, 6.07) is 9.26. The first-order valence-electron chi connectivity index (χ1n) is 8.01. The molecule has 0 radical (unpaired) electrons. The van der Waals surface area contributed by atoms with E-state index in [2.05, 4.69) is 9.97 Å². The first-order chi connectivity index (χ1) is 12.1. The van der Waals surface area contributed by atoms with Gasteiger partial charge in [0.25, 0.3) is 5.91 Å². The third kappa shape index (κ3) is 2.90. The molecule has 7 heteroatoms. The highest BCUT2D eigenvalue weighted by Gasteiger charge is 2.37. The Kier molecular flexibility index (Phi) is 3.99. The molecule has 0 spiro atoms. The van der Waals surface area contributed by atoms with Crippen molar-refractivity contribution in [1.82, 2.24) is 14.9 Å². The average molecular weight is 355 g/mol. The van der Waals surface area contributed by atoms with E-state index in [0.717, 1.165) is 21.5 Å². The number of benzene rings is 1. The fourth-order valence-corrected chi connectivity index (χ4v) is 3.96. The van der Waals surface area contributed by atoms with Crippen LogP contribution in [0, 0.1) is 0 Å². The van der Waals surface area contributed by atoms with Gasteiger partial charge in [0.15, 0.2) is 0 Å². The van der Waals surface area contributed by atoms with E-state index in [-0.39, 0.29) is 19.1 Å². The molecule has 1 atom stereocenters. The monoisotopic (exact) mass is 355 g/mol. The molecular formula is C18H17N3O3S. The Morgan fingerprint density at radius 3 is 2.76 bits per heavy atom. The lowest BCUT2D eigenvalue weighted by Crippen LogP contribution is -2.38. The number of fused-ring (bicyclic) bond motifs is 1. The van der Waals surface area contributed by atoms with Gasteiger partial charge in [-0.2, -0.15) is 0 Å². The molecule has 1 aromatic carbocycles. The lowest BCUT2D eigenvalue weighted by Gasteiger charge is -2.21. The van der Waals surface area contributed by atoms with Gasteiger partial charge in [0.2, 0.25) is 0 Å². The van der Waals surface area contributed by atoms with Crippen LogP contribution in [0.3, 0.4) is 0 Å². The summed E-state index contributed by atoms with van der Waals surface area (Å²) < 4.78 is 1.02.